The summed E-state index contributed by atoms with van der Waals surface area (Å²) < 4.78 is 37.8. The van der Waals surface area contributed by atoms with Crippen LogP contribution in [0.25, 0.3) is 5.57 Å². The van der Waals surface area contributed by atoms with Gasteiger partial charge >= 0.3 is 5.97 Å². The van der Waals surface area contributed by atoms with Crippen LogP contribution in [0.5, 0.6) is 0 Å². The normalized spacial score (nSPS) is 28.5. The highest BCUT2D eigenvalue weighted by atomic mass is 32.2. The Morgan fingerprint density at radius 3 is 2.04 bits per heavy atom. The van der Waals surface area contributed by atoms with E-state index < -0.39 is 27.1 Å². The molecule has 1 aromatic heterocycles. The summed E-state index contributed by atoms with van der Waals surface area (Å²) in [7, 11) is -4.11. The van der Waals surface area contributed by atoms with E-state index in [4.69, 9.17) is 24.1 Å². The number of rotatable bonds is 15. The van der Waals surface area contributed by atoms with E-state index in [0.29, 0.717) is 69.8 Å². The van der Waals surface area contributed by atoms with E-state index in [2.05, 4.69) is 57.2 Å². The SMILES string of the molecule is CCC(SCCCS(=O)(=O)O)C(=O)NC1=NC(=C(C)c2[nH]c(NC(C)=O)c(COOC3C(C)CC(C)CC3C)c2C)C(C)=C1C(=O)OC1C(C)CC(C)CC1C. The van der Waals surface area contributed by atoms with E-state index in [9.17, 15) is 22.8 Å². The van der Waals surface area contributed by atoms with Gasteiger partial charge in [0.25, 0.3) is 10.1 Å². The summed E-state index contributed by atoms with van der Waals surface area (Å²) >= 11 is 1.28. The first-order valence-corrected chi connectivity index (χ1v) is 22.7. The highest BCUT2D eigenvalue weighted by Crippen LogP contribution is 2.39. The fourth-order valence-corrected chi connectivity index (χ4v) is 10.8. The molecule has 13 nitrogen and oxygen atoms in total. The zero-order chi connectivity index (χ0) is 41.6. The molecule has 0 radical (unpaired) electrons. The van der Waals surface area contributed by atoms with E-state index in [1.54, 1.807) is 6.92 Å². The van der Waals surface area contributed by atoms with Gasteiger partial charge in [0.05, 0.1) is 22.8 Å². The molecular weight excluding hydrogens is 757 g/mol. The molecule has 2 heterocycles. The summed E-state index contributed by atoms with van der Waals surface area (Å²) in [5.41, 5.74) is 4.04. The van der Waals surface area contributed by atoms with Gasteiger partial charge in [0, 0.05) is 18.2 Å². The van der Waals surface area contributed by atoms with Gasteiger partial charge in [-0.15, -0.1) is 11.8 Å². The van der Waals surface area contributed by atoms with Gasteiger partial charge in [-0.2, -0.15) is 8.42 Å². The third-order valence-electron chi connectivity index (χ3n) is 11.5. The topological polar surface area (TPSA) is 185 Å². The zero-order valence-corrected chi connectivity index (χ0v) is 36.7. The zero-order valence-electron chi connectivity index (χ0n) is 35.0. The summed E-state index contributed by atoms with van der Waals surface area (Å²) in [4.78, 5) is 60.3. The fourth-order valence-electron chi connectivity index (χ4n) is 9.05. The highest BCUT2D eigenvalue weighted by molar-refractivity contribution is 8.00. The Morgan fingerprint density at radius 1 is 0.929 bits per heavy atom. The van der Waals surface area contributed by atoms with E-state index in [-0.39, 0.29) is 60.3 Å². The summed E-state index contributed by atoms with van der Waals surface area (Å²) in [6.45, 7) is 22.0. The number of nitrogens with one attached hydrogen (secondary N) is 3. The maximum atomic E-state index is 14.2. The van der Waals surface area contributed by atoms with Crippen LogP contribution in [0.1, 0.15) is 125 Å². The average Bonchev–Trinajstić information content (AvgIpc) is 3.57. The molecule has 5 unspecified atom stereocenters. The minimum Gasteiger partial charge on any atom is -0.458 e. The van der Waals surface area contributed by atoms with Crippen molar-refractivity contribution in [2.75, 3.05) is 16.8 Å². The molecule has 15 heteroatoms. The number of nitrogens with zero attached hydrogens (tertiary/aromatic N) is 1. The third kappa shape index (κ3) is 11.6. The number of aliphatic imine (C=N–C) groups is 1. The minimum absolute atomic E-state index is 0.0456. The van der Waals surface area contributed by atoms with E-state index in [1.165, 1.54) is 18.7 Å². The third-order valence-corrected chi connectivity index (χ3v) is 13.8. The van der Waals surface area contributed by atoms with Crippen molar-refractivity contribution in [3.63, 3.8) is 0 Å². The molecule has 3 aliphatic rings. The first-order valence-electron chi connectivity index (χ1n) is 20.1. The number of carbonyl (C=O) groups is 3. The first-order chi connectivity index (χ1) is 26.2. The molecule has 2 amide bonds. The minimum atomic E-state index is -4.11. The van der Waals surface area contributed by atoms with Crippen LogP contribution < -0.4 is 10.6 Å². The molecule has 56 heavy (non-hydrogen) atoms. The van der Waals surface area contributed by atoms with Crippen molar-refractivity contribution in [2.45, 2.75) is 139 Å². The Morgan fingerprint density at radius 2 is 1.50 bits per heavy atom. The van der Waals surface area contributed by atoms with Crippen LogP contribution in [0.15, 0.2) is 21.8 Å². The number of aromatic nitrogens is 1. The smallest absolute Gasteiger partial charge is 0.342 e. The number of ether oxygens (including phenoxy) is 1. The van der Waals surface area contributed by atoms with Crippen LogP contribution in [0.3, 0.4) is 0 Å². The predicted molar refractivity (Wildman–Crippen MR) is 221 cm³/mol. The largest absolute Gasteiger partial charge is 0.458 e. The lowest BCUT2D eigenvalue weighted by Gasteiger charge is -2.37. The molecule has 2 saturated carbocycles. The number of allylic oxidation sites excluding steroid dienone is 2. The first kappa shape index (κ1) is 45.7. The molecule has 5 atom stereocenters. The van der Waals surface area contributed by atoms with Crippen molar-refractivity contribution in [1.82, 2.24) is 10.3 Å². The Balaban J connectivity index is 1.68. The second-order valence-corrected chi connectivity index (χ2v) is 19.6. The average molecular weight is 821 g/mol. The van der Waals surface area contributed by atoms with Crippen molar-refractivity contribution in [2.24, 2.45) is 40.5 Å². The van der Waals surface area contributed by atoms with Gasteiger partial charge in [-0.3, -0.25) is 14.1 Å². The molecule has 314 valence electrons. The van der Waals surface area contributed by atoms with Crippen LogP contribution in [0, 0.1) is 42.4 Å². The molecule has 4 rings (SSSR count). The molecule has 0 saturated heterocycles. The van der Waals surface area contributed by atoms with Crippen molar-refractivity contribution >= 4 is 56.9 Å². The van der Waals surface area contributed by atoms with Gasteiger partial charge in [-0.05, 0) is 117 Å². The van der Waals surface area contributed by atoms with E-state index in [1.807, 2.05) is 20.8 Å². The van der Waals surface area contributed by atoms with Gasteiger partial charge in [-0.1, -0.05) is 48.5 Å². The molecule has 1 aromatic rings. The molecule has 0 aromatic carbocycles. The Bertz CT molecular complexity index is 1790. The number of anilines is 1. The second-order valence-electron chi connectivity index (χ2n) is 16.7. The maximum absolute atomic E-state index is 14.2. The van der Waals surface area contributed by atoms with Crippen LogP contribution in [-0.2, 0) is 45.6 Å². The van der Waals surface area contributed by atoms with Crippen LogP contribution >= 0.6 is 11.8 Å². The highest BCUT2D eigenvalue weighted by Gasteiger charge is 2.39. The number of amides is 2. The molecule has 2 aliphatic carbocycles. The van der Waals surface area contributed by atoms with Crippen molar-refractivity contribution in [1.29, 1.82) is 0 Å². The van der Waals surface area contributed by atoms with Gasteiger partial charge < -0.3 is 20.4 Å². The lowest BCUT2D eigenvalue weighted by Crippen LogP contribution is -2.41. The summed E-state index contributed by atoms with van der Waals surface area (Å²) in [6.07, 6.45) is 4.28. The number of esters is 1. The number of thioether (sulfide) groups is 1. The summed E-state index contributed by atoms with van der Waals surface area (Å²) in [5, 5.41) is 5.23. The molecule has 1 aliphatic heterocycles. The molecular formula is C41H64N4O9S2. The van der Waals surface area contributed by atoms with Crippen LogP contribution in [0.2, 0.25) is 0 Å². The standard InChI is InChI=1S/C41H64N4O9S2/c1-12-32(55-14-13-15-56(49,50)51)40(47)45-39-33(41(48)53-36-23(4)16-21(2)17-24(36)5)28(9)35(44-39)29(10)34-27(8)31(38(43-34)42-30(11)46)20-52-54-37-25(6)18-22(3)19-26(37)7/h21-26,32,36-37,43H,12-20H2,1-11H3,(H,42,46)(H,44,45,47)(H,49,50,51). The van der Waals surface area contributed by atoms with E-state index >= 15 is 0 Å². The van der Waals surface area contributed by atoms with Gasteiger partial charge in [0.1, 0.15) is 29.9 Å². The van der Waals surface area contributed by atoms with Crippen LogP contribution in [-0.4, -0.2) is 70.5 Å². The number of H-pyrrole nitrogens is 1. The number of hydrogen-bond donors (Lipinski definition) is 4. The summed E-state index contributed by atoms with van der Waals surface area (Å²) in [5.74, 6) is 1.42. The monoisotopic (exact) mass is 820 g/mol. The fraction of sp³-hybridized carbons (Fsp3) is 0.707. The van der Waals surface area contributed by atoms with E-state index in [0.717, 1.165) is 31.2 Å². The van der Waals surface area contributed by atoms with Gasteiger partial charge in [0.15, 0.2) is 0 Å². The molecule has 0 spiro atoms. The maximum Gasteiger partial charge on any atom is 0.342 e. The quantitative estimate of drug-likeness (QED) is 0.0448. The second kappa shape index (κ2) is 19.6. The predicted octanol–water partition coefficient (Wildman–Crippen LogP) is 7.78. The number of carbonyl (C=O) groups excluding carboxylic acids is 3. The lowest BCUT2D eigenvalue weighted by molar-refractivity contribution is -0.354. The van der Waals surface area contributed by atoms with Crippen molar-refractivity contribution in [3.05, 3.63) is 33.7 Å². The van der Waals surface area contributed by atoms with Crippen molar-refractivity contribution in [3.8, 4) is 0 Å². The molecule has 0 bridgehead atoms. The molecule has 4 N–H and O–H groups in total. The summed E-state index contributed by atoms with van der Waals surface area (Å²) in [6, 6.07) is 0. The number of aromatic amines is 1. The Kier molecular flexibility index (Phi) is 16.0. The van der Waals surface area contributed by atoms with Gasteiger partial charge in [-0.25, -0.2) is 19.6 Å². The Hall–Kier alpha value is -2.98. The molecule has 2 fully saturated rings. The van der Waals surface area contributed by atoms with Crippen molar-refractivity contribution < 1.29 is 41.9 Å². The Labute approximate surface area is 337 Å². The van der Waals surface area contributed by atoms with Gasteiger partial charge in [0.2, 0.25) is 11.8 Å². The lowest BCUT2D eigenvalue weighted by atomic mass is 9.75. The number of hydrogen-bond acceptors (Lipinski definition) is 10. The van der Waals surface area contributed by atoms with Crippen LogP contribution in [0.4, 0.5) is 5.82 Å². The number of amidine groups is 1.